The Balaban J connectivity index is 1.48. The number of carbonyl (C=O) groups is 1. The zero-order valence-corrected chi connectivity index (χ0v) is 17.5. The number of ether oxygens (including phenoxy) is 3. The van der Waals surface area contributed by atoms with Crippen LogP contribution in [0.3, 0.4) is 0 Å². The van der Waals surface area contributed by atoms with Crippen molar-refractivity contribution in [2.24, 2.45) is 17.8 Å². The number of carboxylic acid groups (broad SMARTS) is 1. The van der Waals surface area contributed by atoms with Gasteiger partial charge in [0.25, 0.3) is 0 Å². The minimum Gasteiger partial charge on any atom is -0.491 e. The van der Waals surface area contributed by atoms with Gasteiger partial charge < -0.3 is 29.5 Å². The predicted octanol–water partition coefficient (Wildman–Crippen LogP) is 2.53. The highest BCUT2D eigenvalue weighted by atomic mass is 35.5. The van der Waals surface area contributed by atoms with Gasteiger partial charge in [0.05, 0.1) is 25.4 Å². The van der Waals surface area contributed by atoms with E-state index in [1.165, 1.54) is 0 Å². The summed E-state index contributed by atoms with van der Waals surface area (Å²) in [6, 6.07) is 6.92. The van der Waals surface area contributed by atoms with Crippen molar-refractivity contribution in [3.8, 4) is 5.75 Å². The van der Waals surface area contributed by atoms with Crippen molar-refractivity contribution in [1.29, 1.82) is 0 Å². The Labute approximate surface area is 181 Å². The number of aliphatic hydroxyl groups is 2. The summed E-state index contributed by atoms with van der Waals surface area (Å²) in [6.07, 6.45) is 4.45. The molecule has 0 unspecified atom stereocenters. The molecule has 0 bridgehead atoms. The predicted molar refractivity (Wildman–Crippen MR) is 111 cm³/mol. The van der Waals surface area contributed by atoms with Crippen LogP contribution in [0.25, 0.3) is 0 Å². The normalized spacial score (nSPS) is 30.0. The molecule has 2 aliphatic rings. The number of benzene rings is 1. The van der Waals surface area contributed by atoms with Crippen molar-refractivity contribution in [3.63, 3.8) is 0 Å². The summed E-state index contributed by atoms with van der Waals surface area (Å²) >= 11 is 5.84. The van der Waals surface area contributed by atoms with Crippen LogP contribution in [0.2, 0.25) is 5.02 Å². The molecule has 0 radical (unpaired) electrons. The lowest BCUT2D eigenvalue weighted by Gasteiger charge is -2.21. The molecule has 6 atom stereocenters. The van der Waals surface area contributed by atoms with E-state index in [1.54, 1.807) is 30.3 Å². The molecule has 3 rings (SSSR count). The van der Waals surface area contributed by atoms with E-state index in [2.05, 4.69) is 0 Å². The molecule has 1 saturated carbocycles. The highest BCUT2D eigenvalue weighted by molar-refractivity contribution is 6.30. The fourth-order valence-electron chi connectivity index (χ4n) is 4.18. The zero-order valence-electron chi connectivity index (χ0n) is 16.7. The Morgan fingerprint density at radius 3 is 2.80 bits per heavy atom. The zero-order chi connectivity index (χ0) is 21.5. The van der Waals surface area contributed by atoms with Gasteiger partial charge in [-0.2, -0.15) is 0 Å². The average molecular weight is 441 g/mol. The van der Waals surface area contributed by atoms with E-state index in [4.69, 9.17) is 30.9 Å². The Morgan fingerprint density at radius 1 is 1.30 bits per heavy atom. The summed E-state index contributed by atoms with van der Waals surface area (Å²) in [5.41, 5.74) is 0. The second-order valence-corrected chi connectivity index (χ2v) is 8.42. The highest BCUT2D eigenvalue weighted by Gasteiger charge is 2.43. The first-order valence-corrected chi connectivity index (χ1v) is 10.6. The summed E-state index contributed by atoms with van der Waals surface area (Å²) in [6.45, 7) is 0.662. The van der Waals surface area contributed by atoms with Gasteiger partial charge in [-0.05, 0) is 43.0 Å². The molecule has 1 heterocycles. The first kappa shape index (κ1) is 23.0. The SMILES string of the molecule is O=C(O)COC[C@H]1CC[C@@H]2[C@@H](C=C[C@@H](O)COc3ccc(Cl)cc3)[C@H](O)C[C@@H]2OC1. The van der Waals surface area contributed by atoms with E-state index < -0.39 is 18.2 Å². The number of rotatable bonds is 9. The van der Waals surface area contributed by atoms with Gasteiger partial charge in [0.1, 0.15) is 25.1 Å². The molecule has 1 aliphatic carbocycles. The second-order valence-electron chi connectivity index (χ2n) is 7.99. The summed E-state index contributed by atoms with van der Waals surface area (Å²) in [7, 11) is 0. The van der Waals surface area contributed by atoms with Crippen LogP contribution in [0.5, 0.6) is 5.75 Å². The maximum atomic E-state index is 10.6. The molecule has 166 valence electrons. The van der Waals surface area contributed by atoms with Gasteiger partial charge in [-0.1, -0.05) is 23.8 Å². The number of halogens is 1. The number of aliphatic carboxylic acids is 1. The van der Waals surface area contributed by atoms with Gasteiger partial charge in [0.2, 0.25) is 0 Å². The van der Waals surface area contributed by atoms with Crippen LogP contribution in [0.15, 0.2) is 36.4 Å². The molecule has 1 aliphatic heterocycles. The third-order valence-electron chi connectivity index (χ3n) is 5.71. The van der Waals surface area contributed by atoms with Crippen LogP contribution in [0, 0.1) is 17.8 Å². The summed E-state index contributed by atoms with van der Waals surface area (Å²) < 4.78 is 16.8. The van der Waals surface area contributed by atoms with Crippen LogP contribution in [-0.4, -0.2) is 66.0 Å². The van der Waals surface area contributed by atoms with Crippen LogP contribution in [-0.2, 0) is 14.3 Å². The molecule has 8 heteroatoms. The topological polar surface area (TPSA) is 105 Å². The van der Waals surface area contributed by atoms with Crippen LogP contribution in [0.4, 0.5) is 0 Å². The van der Waals surface area contributed by atoms with E-state index in [9.17, 15) is 15.0 Å². The summed E-state index contributed by atoms with van der Waals surface area (Å²) in [4.78, 5) is 10.6. The van der Waals surface area contributed by atoms with E-state index >= 15 is 0 Å². The third-order valence-corrected chi connectivity index (χ3v) is 5.97. The molecule has 3 N–H and O–H groups in total. The van der Waals surface area contributed by atoms with Crippen LogP contribution < -0.4 is 4.74 Å². The van der Waals surface area contributed by atoms with Gasteiger partial charge in [-0.15, -0.1) is 0 Å². The van der Waals surface area contributed by atoms with Gasteiger partial charge in [-0.3, -0.25) is 0 Å². The third kappa shape index (κ3) is 6.68. The van der Waals surface area contributed by atoms with Gasteiger partial charge in [-0.25, -0.2) is 4.79 Å². The van der Waals surface area contributed by atoms with Crippen LogP contribution in [0.1, 0.15) is 19.3 Å². The number of aliphatic hydroxyl groups excluding tert-OH is 2. The Bertz CT molecular complexity index is 708. The smallest absolute Gasteiger partial charge is 0.329 e. The Kier molecular flexibility index (Phi) is 8.53. The monoisotopic (exact) mass is 440 g/mol. The maximum Gasteiger partial charge on any atom is 0.329 e. The van der Waals surface area contributed by atoms with Crippen molar-refractivity contribution in [2.75, 3.05) is 26.4 Å². The fraction of sp³-hybridized carbons (Fsp3) is 0.591. The van der Waals surface area contributed by atoms with Crippen molar-refractivity contribution in [3.05, 3.63) is 41.4 Å². The van der Waals surface area contributed by atoms with Gasteiger partial charge in [0.15, 0.2) is 0 Å². The van der Waals surface area contributed by atoms with Crippen molar-refractivity contribution >= 4 is 17.6 Å². The number of fused-ring (bicyclic) bond motifs is 1. The average Bonchev–Trinajstić information content (AvgIpc) is 2.87. The van der Waals surface area contributed by atoms with E-state index in [0.29, 0.717) is 30.4 Å². The molecule has 0 amide bonds. The number of hydrogen-bond acceptors (Lipinski definition) is 6. The molecule has 2 fully saturated rings. The maximum absolute atomic E-state index is 10.6. The molecular weight excluding hydrogens is 412 g/mol. The molecule has 7 nitrogen and oxygen atoms in total. The van der Waals surface area contributed by atoms with E-state index in [0.717, 1.165) is 12.8 Å². The summed E-state index contributed by atoms with van der Waals surface area (Å²) in [5, 5.41) is 30.0. The minimum atomic E-state index is -0.978. The van der Waals surface area contributed by atoms with Gasteiger partial charge >= 0.3 is 5.97 Å². The lowest BCUT2D eigenvalue weighted by Crippen LogP contribution is -2.22. The highest BCUT2D eigenvalue weighted by Crippen LogP contribution is 2.41. The number of hydrogen-bond donors (Lipinski definition) is 3. The molecule has 1 aromatic rings. The summed E-state index contributed by atoms with van der Waals surface area (Å²) in [5.74, 6) is -0.145. The van der Waals surface area contributed by atoms with Crippen molar-refractivity contribution < 1.29 is 34.3 Å². The second kappa shape index (κ2) is 11.1. The lowest BCUT2D eigenvalue weighted by molar-refractivity contribution is -0.143. The Morgan fingerprint density at radius 2 is 2.07 bits per heavy atom. The first-order valence-electron chi connectivity index (χ1n) is 10.3. The molecule has 30 heavy (non-hydrogen) atoms. The van der Waals surface area contributed by atoms with E-state index in [1.807, 2.05) is 6.08 Å². The van der Waals surface area contributed by atoms with Crippen LogP contribution >= 0.6 is 11.6 Å². The first-order chi connectivity index (χ1) is 14.4. The molecular formula is C22H29ClO7. The quantitative estimate of drug-likeness (QED) is 0.506. The molecule has 1 saturated heterocycles. The standard InChI is InChI=1S/C22H29ClO7/c23-15-2-5-17(6-3-15)29-12-16(24)4-8-18-19-7-1-14(10-28-13-22(26)27)11-30-21(19)9-20(18)25/h2-6,8,14,16,18-21,24-25H,1,7,9-13H2,(H,26,27)/t14-,16-,18-,19-,20-,21+/m1/s1. The Hall–Kier alpha value is -1.64. The number of carboxylic acids is 1. The minimum absolute atomic E-state index is 0.0402. The van der Waals surface area contributed by atoms with E-state index in [-0.39, 0.29) is 37.1 Å². The van der Waals surface area contributed by atoms with Crippen molar-refractivity contribution in [1.82, 2.24) is 0 Å². The molecule has 0 aromatic heterocycles. The van der Waals surface area contributed by atoms with Gasteiger partial charge in [0, 0.05) is 23.3 Å². The largest absolute Gasteiger partial charge is 0.491 e. The fourth-order valence-corrected chi connectivity index (χ4v) is 4.31. The van der Waals surface area contributed by atoms with Crippen molar-refractivity contribution in [2.45, 2.75) is 37.6 Å². The molecule has 0 spiro atoms. The lowest BCUT2D eigenvalue weighted by atomic mass is 9.87. The molecule has 1 aromatic carbocycles.